The molecule has 8 rings (SSSR count). The Hall–Kier alpha value is -5.73. The van der Waals surface area contributed by atoms with Crippen LogP contribution < -0.4 is 10.7 Å². The van der Waals surface area contributed by atoms with Crippen LogP contribution in [0, 0.1) is 11.3 Å². The highest BCUT2D eigenvalue weighted by atomic mass is 32.1. The Morgan fingerprint density at radius 2 is 1.93 bits per heavy atom. The highest BCUT2D eigenvalue weighted by Gasteiger charge is 2.56. The number of aliphatic hydroxyl groups is 1. The van der Waals surface area contributed by atoms with Crippen molar-refractivity contribution in [2.24, 2.45) is 11.3 Å². The lowest BCUT2D eigenvalue weighted by atomic mass is 9.84. The van der Waals surface area contributed by atoms with Crippen molar-refractivity contribution in [1.82, 2.24) is 45.0 Å². The highest BCUT2D eigenvalue weighted by molar-refractivity contribution is 7.10. The molecule has 4 aliphatic rings. The zero-order valence-corrected chi connectivity index (χ0v) is 41.0. The van der Waals surface area contributed by atoms with Crippen LogP contribution >= 0.6 is 11.3 Å². The van der Waals surface area contributed by atoms with Crippen molar-refractivity contribution >= 4 is 52.0 Å². The molecule has 0 radical (unpaired) electrons. The third kappa shape index (κ3) is 9.01. The number of pyridine rings is 1. The predicted molar refractivity (Wildman–Crippen MR) is 254 cm³/mol. The summed E-state index contributed by atoms with van der Waals surface area (Å²) in [5.74, 6) is -2.79. The van der Waals surface area contributed by atoms with Gasteiger partial charge in [-0.25, -0.2) is 14.6 Å². The number of carbonyl (C=O) groups excluding carboxylic acids is 5. The number of urea groups is 1. The lowest BCUT2D eigenvalue weighted by Crippen LogP contribution is -2.72. The molecule has 1 spiro atoms. The molecule has 3 fully saturated rings. The van der Waals surface area contributed by atoms with Crippen LogP contribution in [-0.4, -0.2) is 146 Å². The molecule has 4 aromatic rings. The molecule has 5 amide bonds. The van der Waals surface area contributed by atoms with Gasteiger partial charge in [0.1, 0.15) is 12.1 Å². The van der Waals surface area contributed by atoms with Crippen molar-refractivity contribution in [2.75, 3.05) is 53.6 Å². The molecule has 364 valence electrons. The van der Waals surface area contributed by atoms with Crippen LogP contribution in [-0.2, 0) is 52.8 Å². The Labute approximate surface area is 400 Å². The molecule has 18 nitrogen and oxygen atoms in total. The second-order valence-electron chi connectivity index (χ2n) is 19.4. The maximum absolute atomic E-state index is 14.7. The number of fused-ring (bicyclic) bond motifs is 6. The smallest absolute Gasteiger partial charge is 0.355 e. The largest absolute Gasteiger partial charge is 0.462 e. The number of benzene rings is 1. The topological polar surface area (TPSA) is 201 Å². The monoisotopic (exact) mass is 953 g/mol. The van der Waals surface area contributed by atoms with Crippen LogP contribution in [0.1, 0.15) is 76.8 Å². The number of esters is 1. The zero-order valence-electron chi connectivity index (χ0n) is 40.2. The van der Waals surface area contributed by atoms with Gasteiger partial charge in [0.2, 0.25) is 17.5 Å². The molecule has 4 aliphatic heterocycles. The number of nitrogens with one attached hydrogen (secondary N) is 2. The number of thiazole rings is 1. The number of ether oxygens (including phenoxy) is 3. The number of hydrazine groups is 1. The van der Waals surface area contributed by atoms with Gasteiger partial charge in [0, 0.05) is 85.7 Å². The molecule has 3 aromatic heterocycles. The van der Waals surface area contributed by atoms with Crippen molar-refractivity contribution in [3.05, 3.63) is 70.8 Å². The first-order chi connectivity index (χ1) is 32.3. The Balaban J connectivity index is 1.16. The third-order valence-electron chi connectivity index (χ3n) is 13.6. The number of cyclic esters (lactones) is 1. The standard InChI is InChI=1S/C49H63N9O9S/c1-10-39(59)55-26-48(27-55)57(20-21-67-48)46(63)54(8)41(29(3)4)43(60)52-35-23-38-51-36(25-68-38)31-15-16-37-33(22-31)34(42(56(37)11-2)32-14-12-18-50-40(32)30(5)65-9)24-47(6,7)28-66-45(62)49(64)17-13-19-58(53-49)44(35)61/h10,12,14-16,18,22,25,29-30,35,41,53,64H,1,11,13,17,19-21,23-24,26-28H2,2-9H3,(H,52,60)/t30-,35-,41-,49-/m0/s1. The van der Waals surface area contributed by atoms with Crippen LogP contribution in [0.4, 0.5) is 4.79 Å². The van der Waals surface area contributed by atoms with Gasteiger partial charge in [-0.2, -0.15) is 5.43 Å². The molecule has 7 heterocycles. The summed E-state index contributed by atoms with van der Waals surface area (Å²) in [6.45, 7) is 16.9. The molecule has 0 aliphatic carbocycles. The number of hydrogen-bond donors (Lipinski definition) is 3. The molecule has 1 aromatic carbocycles. The van der Waals surface area contributed by atoms with Crippen LogP contribution in [0.2, 0.25) is 0 Å². The Kier molecular flexibility index (Phi) is 13.6. The average Bonchev–Trinajstić information content (AvgIpc) is 4.05. The van der Waals surface area contributed by atoms with Crippen molar-refractivity contribution in [3.8, 4) is 22.5 Å². The number of nitrogens with zero attached hydrogens (tertiary/aromatic N) is 7. The molecule has 68 heavy (non-hydrogen) atoms. The second-order valence-corrected chi connectivity index (χ2v) is 20.4. The summed E-state index contributed by atoms with van der Waals surface area (Å²) in [4.78, 5) is 84.1. The molecule has 0 unspecified atom stereocenters. The highest BCUT2D eigenvalue weighted by Crippen LogP contribution is 2.42. The van der Waals surface area contributed by atoms with Crippen LogP contribution in [0.25, 0.3) is 33.4 Å². The number of likely N-dealkylation sites (tertiary alicyclic amines) is 1. The van der Waals surface area contributed by atoms with E-state index < -0.39 is 58.7 Å². The van der Waals surface area contributed by atoms with Crippen molar-refractivity contribution in [2.45, 2.75) is 103 Å². The minimum Gasteiger partial charge on any atom is -0.462 e. The molecule has 6 bridgehead atoms. The quantitative estimate of drug-likeness (QED) is 0.155. The minimum atomic E-state index is -2.24. The normalized spacial score (nSPS) is 22.4. The molecular formula is C49H63N9O9S. The van der Waals surface area contributed by atoms with Crippen molar-refractivity contribution in [1.29, 1.82) is 0 Å². The number of likely N-dealkylation sites (N-methyl/N-ethyl adjacent to an activating group) is 1. The van der Waals surface area contributed by atoms with Gasteiger partial charge in [0.15, 0.2) is 5.72 Å². The van der Waals surface area contributed by atoms with Gasteiger partial charge < -0.3 is 39.0 Å². The van der Waals surface area contributed by atoms with Gasteiger partial charge >= 0.3 is 12.0 Å². The van der Waals surface area contributed by atoms with E-state index in [-0.39, 0.29) is 70.7 Å². The Bertz CT molecular complexity index is 2620. The van der Waals surface area contributed by atoms with E-state index >= 15 is 0 Å². The van der Waals surface area contributed by atoms with E-state index in [0.717, 1.165) is 39.0 Å². The maximum atomic E-state index is 14.7. The maximum Gasteiger partial charge on any atom is 0.355 e. The Morgan fingerprint density at radius 1 is 1.16 bits per heavy atom. The number of aryl methyl sites for hydroxylation is 1. The van der Waals surface area contributed by atoms with Gasteiger partial charge in [-0.3, -0.25) is 29.3 Å². The molecule has 3 N–H and O–H groups in total. The van der Waals surface area contributed by atoms with Crippen molar-refractivity contribution < 1.29 is 43.3 Å². The van der Waals surface area contributed by atoms with E-state index in [9.17, 15) is 29.1 Å². The van der Waals surface area contributed by atoms with Crippen LogP contribution in [0.3, 0.4) is 0 Å². The van der Waals surface area contributed by atoms with Gasteiger partial charge in [-0.1, -0.05) is 40.3 Å². The number of hydrogen-bond acceptors (Lipinski definition) is 13. The summed E-state index contributed by atoms with van der Waals surface area (Å²) in [5, 5.41) is 19.5. The minimum absolute atomic E-state index is 0.0230. The molecular weight excluding hydrogens is 891 g/mol. The van der Waals surface area contributed by atoms with Crippen LogP contribution in [0.15, 0.2) is 54.6 Å². The van der Waals surface area contributed by atoms with Crippen molar-refractivity contribution in [3.63, 3.8) is 0 Å². The number of methoxy groups -OCH3 is 1. The summed E-state index contributed by atoms with van der Waals surface area (Å²) in [6, 6.07) is 7.49. The third-order valence-corrected chi connectivity index (χ3v) is 14.5. The van der Waals surface area contributed by atoms with Gasteiger partial charge in [0.05, 0.1) is 54.5 Å². The number of amides is 5. The van der Waals surface area contributed by atoms with Crippen LogP contribution in [0.5, 0.6) is 0 Å². The molecule has 19 heteroatoms. The Morgan fingerprint density at radius 3 is 2.63 bits per heavy atom. The van der Waals surface area contributed by atoms with Gasteiger partial charge in [-0.05, 0) is 68.5 Å². The number of carbonyl (C=O) groups is 5. The molecule has 0 saturated carbocycles. The lowest BCUT2D eigenvalue weighted by Gasteiger charge is -2.51. The first-order valence-corrected chi connectivity index (χ1v) is 24.2. The first-order valence-electron chi connectivity index (χ1n) is 23.3. The fourth-order valence-corrected chi connectivity index (χ4v) is 10.9. The summed E-state index contributed by atoms with van der Waals surface area (Å²) >= 11 is 1.35. The van der Waals surface area contributed by atoms with E-state index in [1.807, 2.05) is 52.1 Å². The predicted octanol–water partition coefficient (Wildman–Crippen LogP) is 4.66. The molecule has 3 saturated heterocycles. The molecule has 4 atom stereocenters. The zero-order chi connectivity index (χ0) is 48.9. The van der Waals surface area contributed by atoms with Gasteiger partial charge in [0.25, 0.3) is 5.91 Å². The second kappa shape index (κ2) is 19.0. The fourth-order valence-electron chi connectivity index (χ4n) is 10.1. The van der Waals surface area contributed by atoms with E-state index in [1.165, 1.54) is 39.3 Å². The summed E-state index contributed by atoms with van der Waals surface area (Å²) in [5.41, 5.74) is 5.13. The average molecular weight is 954 g/mol. The van der Waals surface area contributed by atoms with Gasteiger partial charge in [-0.15, -0.1) is 11.3 Å². The summed E-state index contributed by atoms with van der Waals surface area (Å²) in [7, 11) is 3.20. The fraction of sp³-hybridized carbons (Fsp3) is 0.531. The number of aromatic nitrogens is 3. The SMILES string of the molecule is C=CC(=O)N1CC2(C1)OCCN2C(=O)N(C)[C@H](C(=O)N[C@H]1Cc2nc(cs2)-c2ccc3c(c2)c(c(-c2cccnc2[C@H](C)OC)n3CC)CC(C)(C)COC(=O)[C@@]2(O)CCCN(N2)C1=O)C(C)C. The van der Waals surface area contributed by atoms with E-state index in [2.05, 4.69) is 47.0 Å². The summed E-state index contributed by atoms with van der Waals surface area (Å²) in [6.07, 6.45) is 3.37. The van der Waals surface area contributed by atoms with E-state index in [0.29, 0.717) is 23.7 Å². The summed E-state index contributed by atoms with van der Waals surface area (Å²) < 4.78 is 20.0. The first kappa shape index (κ1) is 48.7. The van der Waals surface area contributed by atoms with E-state index in [1.54, 1.807) is 18.2 Å². The lowest BCUT2D eigenvalue weighted by molar-refractivity contribution is -0.189. The van der Waals surface area contributed by atoms with E-state index in [4.69, 9.17) is 24.2 Å². The number of rotatable bonds is 9.